The zero-order chi connectivity index (χ0) is 15.4. The van der Waals surface area contributed by atoms with Crippen molar-refractivity contribution in [3.05, 3.63) is 53.1 Å². The van der Waals surface area contributed by atoms with Crippen LogP contribution in [0.3, 0.4) is 0 Å². The average molecular weight is 293 g/mol. The molecule has 0 aliphatic rings. The summed E-state index contributed by atoms with van der Waals surface area (Å²) in [7, 11) is 0. The molecule has 0 aliphatic heterocycles. The van der Waals surface area contributed by atoms with Crippen molar-refractivity contribution in [2.24, 2.45) is 0 Å². The number of aryl methyl sites for hydroxylation is 2. The lowest BCUT2D eigenvalue weighted by molar-refractivity contribution is 0.506. The molecule has 0 saturated heterocycles. The van der Waals surface area contributed by atoms with E-state index in [1.54, 1.807) is 19.2 Å². The van der Waals surface area contributed by atoms with E-state index in [4.69, 9.17) is 0 Å². The van der Waals surface area contributed by atoms with Gasteiger partial charge >= 0.3 is 0 Å². The number of hydrogen-bond acceptors (Lipinski definition) is 2. The van der Waals surface area contributed by atoms with Gasteiger partial charge in [-0.3, -0.25) is 0 Å². The van der Waals surface area contributed by atoms with E-state index in [1.165, 1.54) is 0 Å². The highest BCUT2D eigenvalue weighted by atomic mass is 19.1. The van der Waals surface area contributed by atoms with Crippen LogP contribution in [0.4, 0.5) is 8.78 Å². The summed E-state index contributed by atoms with van der Waals surface area (Å²) in [5.74, 6) is -0.317. The summed E-state index contributed by atoms with van der Waals surface area (Å²) < 4.78 is 29.7. The molecule has 0 radical (unpaired) electrons. The number of nitrogens with zero attached hydrogens (tertiary/aromatic N) is 2. The highest BCUT2D eigenvalue weighted by molar-refractivity contribution is 5.32. The Labute approximate surface area is 124 Å². The fourth-order valence-electron chi connectivity index (χ4n) is 2.46. The predicted octanol–water partition coefficient (Wildman–Crippen LogP) is 3.58. The second-order valence-electron chi connectivity index (χ2n) is 5.09. The Bertz CT molecular complexity index is 608. The molecule has 1 aromatic carbocycles. The van der Waals surface area contributed by atoms with E-state index in [1.807, 2.05) is 17.7 Å². The number of rotatable bonds is 6. The van der Waals surface area contributed by atoms with E-state index in [0.717, 1.165) is 24.9 Å². The summed E-state index contributed by atoms with van der Waals surface area (Å²) in [5.41, 5.74) is 0.863. The van der Waals surface area contributed by atoms with Crippen molar-refractivity contribution < 1.29 is 8.78 Å². The quantitative estimate of drug-likeness (QED) is 0.882. The molecule has 0 amide bonds. The lowest BCUT2D eigenvalue weighted by Crippen LogP contribution is -2.26. The van der Waals surface area contributed by atoms with Gasteiger partial charge in [0, 0.05) is 30.6 Å². The Hall–Kier alpha value is -1.75. The van der Waals surface area contributed by atoms with Gasteiger partial charge in [-0.05, 0) is 31.5 Å². The minimum absolute atomic E-state index is 0.379. The van der Waals surface area contributed by atoms with Crippen molar-refractivity contribution in [3.8, 4) is 0 Å². The SMILES string of the molecule is CCCn1ccnc1C(NCC)c1cc(C)c(F)cc1F. The van der Waals surface area contributed by atoms with Crippen LogP contribution in [0.25, 0.3) is 0 Å². The summed E-state index contributed by atoms with van der Waals surface area (Å²) in [6.45, 7) is 7.15. The zero-order valence-corrected chi connectivity index (χ0v) is 12.7. The molecule has 0 bridgehead atoms. The van der Waals surface area contributed by atoms with Gasteiger partial charge in [-0.2, -0.15) is 0 Å². The van der Waals surface area contributed by atoms with Crippen LogP contribution in [0.5, 0.6) is 0 Å². The number of nitrogens with one attached hydrogen (secondary N) is 1. The molecule has 0 fully saturated rings. The van der Waals surface area contributed by atoms with Gasteiger partial charge in [-0.1, -0.05) is 13.8 Å². The molecule has 0 saturated carbocycles. The molecule has 1 atom stereocenters. The van der Waals surface area contributed by atoms with Crippen LogP contribution in [-0.4, -0.2) is 16.1 Å². The van der Waals surface area contributed by atoms with Crippen molar-refractivity contribution in [1.29, 1.82) is 0 Å². The van der Waals surface area contributed by atoms with E-state index in [-0.39, 0.29) is 6.04 Å². The van der Waals surface area contributed by atoms with Crippen LogP contribution in [0.1, 0.15) is 43.3 Å². The Balaban J connectivity index is 2.48. The summed E-state index contributed by atoms with van der Waals surface area (Å²) in [5, 5.41) is 3.24. The Morgan fingerprint density at radius 3 is 2.67 bits per heavy atom. The second kappa shape index (κ2) is 6.80. The third-order valence-corrected chi connectivity index (χ3v) is 3.47. The standard InChI is InChI=1S/C16H21F2N3/c1-4-7-21-8-6-20-16(21)15(19-5-2)12-9-11(3)13(17)10-14(12)18/h6,8-10,15,19H,4-5,7H2,1-3H3. The van der Waals surface area contributed by atoms with E-state index >= 15 is 0 Å². The molecule has 2 rings (SSSR count). The Kier molecular flexibility index (Phi) is 5.07. The number of aromatic nitrogens is 2. The van der Waals surface area contributed by atoms with Crippen LogP contribution in [0.2, 0.25) is 0 Å². The van der Waals surface area contributed by atoms with Gasteiger partial charge in [-0.25, -0.2) is 13.8 Å². The van der Waals surface area contributed by atoms with Gasteiger partial charge in [0.25, 0.3) is 0 Å². The minimum Gasteiger partial charge on any atom is -0.333 e. The lowest BCUT2D eigenvalue weighted by Gasteiger charge is -2.20. The van der Waals surface area contributed by atoms with Crippen LogP contribution < -0.4 is 5.32 Å². The smallest absolute Gasteiger partial charge is 0.131 e. The highest BCUT2D eigenvalue weighted by Gasteiger charge is 2.22. The van der Waals surface area contributed by atoms with Crippen LogP contribution in [-0.2, 0) is 6.54 Å². The Morgan fingerprint density at radius 2 is 2.00 bits per heavy atom. The van der Waals surface area contributed by atoms with Gasteiger partial charge in [0.15, 0.2) is 0 Å². The largest absolute Gasteiger partial charge is 0.333 e. The van der Waals surface area contributed by atoms with Crippen molar-refractivity contribution in [2.45, 2.75) is 39.8 Å². The molecular formula is C16H21F2N3. The van der Waals surface area contributed by atoms with Crippen molar-refractivity contribution in [3.63, 3.8) is 0 Å². The molecule has 3 nitrogen and oxygen atoms in total. The van der Waals surface area contributed by atoms with Gasteiger partial charge in [0.1, 0.15) is 17.5 Å². The molecule has 1 unspecified atom stereocenters. The summed E-state index contributed by atoms with van der Waals surface area (Å²) in [6.07, 6.45) is 4.56. The lowest BCUT2D eigenvalue weighted by atomic mass is 10.0. The first-order valence-electron chi connectivity index (χ1n) is 7.28. The van der Waals surface area contributed by atoms with E-state index in [2.05, 4.69) is 17.2 Å². The van der Waals surface area contributed by atoms with Crippen molar-refractivity contribution in [2.75, 3.05) is 6.54 Å². The minimum atomic E-state index is -0.546. The molecule has 1 heterocycles. The first-order chi connectivity index (χ1) is 10.1. The van der Waals surface area contributed by atoms with E-state index < -0.39 is 11.6 Å². The van der Waals surface area contributed by atoms with Crippen LogP contribution >= 0.6 is 0 Å². The third-order valence-electron chi connectivity index (χ3n) is 3.47. The first-order valence-corrected chi connectivity index (χ1v) is 7.28. The highest BCUT2D eigenvalue weighted by Crippen LogP contribution is 2.26. The predicted molar refractivity (Wildman–Crippen MR) is 79.1 cm³/mol. The number of imidazole rings is 1. The summed E-state index contributed by atoms with van der Waals surface area (Å²) in [6, 6.07) is 2.13. The van der Waals surface area contributed by atoms with Gasteiger partial charge in [0.05, 0.1) is 6.04 Å². The maximum atomic E-state index is 14.2. The maximum absolute atomic E-state index is 14.2. The molecule has 0 aliphatic carbocycles. The molecule has 21 heavy (non-hydrogen) atoms. The van der Waals surface area contributed by atoms with E-state index in [0.29, 0.717) is 17.7 Å². The monoisotopic (exact) mass is 293 g/mol. The average Bonchev–Trinajstić information content (AvgIpc) is 2.89. The molecule has 2 aromatic rings. The molecule has 1 N–H and O–H groups in total. The molecule has 114 valence electrons. The fourth-order valence-corrected chi connectivity index (χ4v) is 2.46. The zero-order valence-electron chi connectivity index (χ0n) is 12.7. The number of hydrogen-bond donors (Lipinski definition) is 1. The van der Waals surface area contributed by atoms with Gasteiger partial charge in [0.2, 0.25) is 0 Å². The normalized spacial score (nSPS) is 12.6. The third kappa shape index (κ3) is 3.29. The van der Waals surface area contributed by atoms with Crippen LogP contribution in [0, 0.1) is 18.6 Å². The second-order valence-corrected chi connectivity index (χ2v) is 5.09. The molecule has 5 heteroatoms. The molecular weight excluding hydrogens is 272 g/mol. The first kappa shape index (κ1) is 15.6. The van der Waals surface area contributed by atoms with Gasteiger partial charge in [-0.15, -0.1) is 0 Å². The van der Waals surface area contributed by atoms with Crippen molar-refractivity contribution in [1.82, 2.24) is 14.9 Å². The van der Waals surface area contributed by atoms with Crippen molar-refractivity contribution >= 4 is 0 Å². The number of halogens is 2. The fraction of sp³-hybridized carbons (Fsp3) is 0.438. The Morgan fingerprint density at radius 1 is 1.24 bits per heavy atom. The summed E-state index contributed by atoms with van der Waals surface area (Å²) >= 11 is 0. The molecule has 1 aromatic heterocycles. The number of benzene rings is 1. The van der Waals surface area contributed by atoms with E-state index in [9.17, 15) is 8.78 Å². The van der Waals surface area contributed by atoms with Gasteiger partial charge < -0.3 is 9.88 Å². The summed E-state index contributed by atoms with van der Waals surface area (Å²) in [4.78, 5) is 4.36. The topological polar surface area (TPSA) is 29.9 Å². The van der Waals surface area contributed by atoms with Crippen LogP contribution in [0.15, 0.2) is 24.5 Å². The maximum Gasteiger partial charge on any atom is 0.131 e. The molecule has 0 spiro atoms.